The fourth-order valence-corrected chi connectivity index (χ4v) is 2.83. The fourth-order valence-electron chi connectivity index (χ4n) is 2.83. The summed E-state index contributed by atoms with van der Waals surface area (Å²) in [6, 6.07) is 0. The van der Waals surface area contributed by atoms with Crippen molar-refractivity contribution in [1.82, 2.24) is 5.32 Å². The first-order valence-corrected chi connectivity index (χ1v) is 5.97. The van der Waals surface area contributed by atoms with Crippen LogP contribution >= 0.6 is 0 Å². The summed E-state index contributed by atoms with van der Waals surface area (Å²) in [4.78, 5) is 0. The topological polar surface area (TPSA) is 52.5 Å². The Balaban J connectivity index is 1.90. The van der Waals surface area contributed by atoms with Gasteiger partial charge in [0.1, 0.15) is 12.2 Å². The van der Waals surface area contributed by atoms with Crippen molar-refractivity contribution in [2.24, 2.45) is 0 Å². The van der Waals surface area contributed by atoms with Gasteiger partial charge in [0.15, 0.2) is 0 Å². The average Bonchev–Trinajstić information content (AvgIpc) is 2.32. The van der Waals surface area contributed by atoms with Gasteiger partial charge in [0, 0.05) is 18.7 Å². The summed E-state index contributed by atoms with van der Waals surface area (Å²) < 4.78 is 0. The second-order valence-corrected chi connectivity index (χ2v) is 4.81. The van der Waals surface area contributed by atoms with Crippen LogP contribution in [-0.2, 0) is 0 Å². The molecule has 2 atom stereocenters. The van der Waals surface area contributed by atoms with E-state index in [2.05, 4.69) is 5.32 Å². The smallest absolute Gasteiger partial charge is 0.105 e. The van der Waals surface area contributed by atoms with E-state index in [0.717, 1.165) is 31.4 Å². The highest BCUT2D eigenvalue weighted by molar-refractivity contribution is 5.45. The number of aliphatic hydroxyl groups excluding tert-OH is 2. The summed E-state index contributed by atoms with van der Waals surface area (Å²) in [5.74, 6) is 0. The Labute approximate surface area is 95.2 Å². The minimum absolute atomic E-state index is 0.698. The van der Waals surface area contributed by atoms with E-state index < -0.39 is 12.2 Å². The molecule has 16 heavy (non-hydrogen) atoms. The van der Waals surface area contributed by atoms with Gasteiger partial charge in [-0.05, 0) is 36.0 Å². The van der Waals surface area contributed by atoms with E-state index >= 15 is 0 Å². The summed E-state index contributed by atoms with van der Waals surface area (Å²) in [6.07, 6.45) is 6.27. The number of allylic oxidation sites excluding steroid dienone is 3. The maximum atomic E-state index is 9.96. The maximum absolute atomic E-state index is 9.96. The Morgan fingerprint density at radius 1 is 1.25 bits per heavy atom. The third-order valence-corrected chi connectivity index (χ3v) is 3.78. The van der Waals surface area contributed by atoms with Crippen molar-refractivity contribution in [3.05, 3.63) is 34.6 Å². The molecule has 0 bridgehead atoms. The molecule has 1 aliphatic heterocycles. The summed E-state index contributed by atoms with van der Waals surface area (Å²) in [6.45, 7) is 1.07. The van der Waals surface area contributed by atoms with Crippen LogP contribution in [0.15, 0.2) is 34.6 Å². The molecule has 0 saturated carbocycles. The second kappa shape index (κ2) is 3.75. The minimum atomic E-state index is -0.725. The predicted octanol–water partition coefficient (Wildman–Crippen LogP) is 1.01. The molecule has 1 heterocycles. The van der Waals surface area contributed by atoms with Gasteiger partial charge >= 0.3 is 0 Å². The summed E-state index contributed by atoms with van der Waals surface area (Å²) in [5, 5.41) is 23.0. The zero-order valence-corrected chi connectivity index (χ0v) is 9.24. The molecule has 0 spiro atoms. The highest BCUT2D eigenvalue weighted by atomic mass is 16.3. The van der Waals surface area contributed by atoms with Gasteiger partial charge in [0.05, 0.1) is 0 Å². The molecule has 0 aromatic carbocycles. The van der Waals surface area contributed by atoms with Crippen LogP contribution in [0.1, 0.15) is 25.7 Å². The average molecular weight is 219 g/mol. The summed E-state index contributed by atoms with van der Waals surface area (Å²) in [7, 11) is 0. The molecule has 0 fully saturated rings. The molecule has 86 valence electrons. The minimum Gasteiger partial charge on any atom is -0.388 e. The molecule has 3 nitrogen and oxygen atoms in total. The second-order valence-electron chi connectivity index (χ2n) is 4.81. The quantitative estimate of drug-likeness (QED) is 0.570. The fraction of sp³-hybridized carbons (Fsp3) is 0.538. The molecule has 0 radical (unpaired) electrons. The van der Waals surface area contributed by atoms with E-state index in [-0.39, 0.29) is 0 Å². The molecule has 0 saturated heterocycles. The van der Waals surface area contributed by atoms with E-state index in [9.17, 15) is 10.2 Å². The van der Waals surface area contributed by atoms with E-state index in [1.165, 1.54) is 23.3 Å². The van der Waals surface area contributed by atoms with Crippen LogP contribution in [0.25, 0.3) is 0 Å². The van der Waals surface area contributed by atoms with Gasteiger partial charge < -0.3 is 15.5 Å². The maximum Gasteiger partial charge on any atom is 0.105 e. The standard InChI is InChI=1S/C13H17NO2/c15-12-4-3-8-7-11-9(2-1-5-14-11)6-10(8)13(12)16/h3-4,12-16H,1-2,5-7H2. The third kappa shape index (κ3) is 1.51. The van der Waals surface area contributed by atoms with Crippen LogP contribution < -0.4 is 5.32 Å². The number of aliphatic hydroxyl groups is 2. The molecule has 0 aromatic rings. The van der Waals surface area contributed by atoms with Crippen molar-refractivity contribution in [2.75, 3.05) is 6.54 Å². The van der Waals surface area contributed by atoms with E-state index in [1.54, 1.807) is 6.08 Å². The van der Waals surface area contributed by atoms with Crippen LogP contribution in [-0.4, -0.2) is 29.0 Å². The Hall–Kier alpha value is -1.06. The molecule has 2 aliphatic carbocycles. The van der Waals surface area contributed by atoms with Crippen LogP contribution in [0.3, 0.4) is 0 Å². The molecule has 2 unspecified atom stereocenters. The lowest BCUT2D eigenvalue weighted by Gasteiger charge is -2.33. The van der Waals surface area contributed by atoms with Crippen LogP contribution in [0, 0.1) is 0 Å². The molecule has 3 aliphatic rings. The highest BCUT2D eigenvalue weighted by Crippen LogP contribution is 2.37. The molecule has 0 aromatic heterocycles. The molecule has 3 rings (SSSR count). The zero-order chi connectivity index (χ0) is 11.1. The van der Waals surface area contributed by atoms with Gasteiger partial charge in [0.2, 0.25) is 0 Å². The molecular formula is C13H17NO2. The van der Waals surface area contributed by atoms with Crippen molar-refractivity contribution >= 4 is 0 Å². The molecule has 3 N–H and O–H groups in total. The number of hydrogen-bond acceptors (Lipinski definition) is 3. The van der Waals surface area contributed by atoms with E-state index in [0.29, 0.717) is 0 Å². The predicted molar refractivity (Wildman–Crippen MR) is 61.7 cm³/mol. The summed E-state index contributed by atoms with van der Waals surface area (Å²) in [5.41, 5.74) is 4.98. The first-order valence-electron chi connectivity index (χ1n) is 5.97. The Morgan fingerprint density at radius 2 is 2.12 bits per heavy atom. The Kier molecular flexibility index (Phi) is 2.37. The van der Waals surface area contributed by atoms with E-state index in [4.69, 9.17) is 0 Å². The lowest BCUT2D eigenvalue weighted by atomic mass is 9.79. The lowest BCUT2D eigenvalue weighted by molar-refractivity contribution is 0.0685. The highest BCUT2D eigenvalue weighted by Gasteiger charge is 2.30. The Morgan fingerprint density at radius 3 is 3.00 bits per heavy atom. The van der Waals surface area contributed by atoms with Crippen molar-refractivity contribution in [1.29, 1.82) is 0 Å². The van der Waals surface area contributed by atoms with Crippen molar-refractivity contribution < 1.29 is 10.2 Å². The third-order valence-electron chi connectivity index (χ3n) is 3.78. The molecule has 0 amide bonds. The lowest BCUT2D eigenvalue weighted by Crippen LogP contribution is -2.33. The first kappa shape index (κ1) is 10.1. The van der Waals surface area contributed by atoms with Gasteiger partial charge in [-0.25, -0.2) is 0 Å². The van der Waals surface area contributed by atoms with Gasteiger partial charge in [-0.2, -0.15) is 0 Å². The van der Waals surface area contributed by atoms with Crippen molar-refractivity contribution in [3.63, 3.8) is 0 Å². The van der Waals surface area contributed by atoms with Crippen molar-refractivity contribution in [2.45, 2.75) is 37.9 Å². The number of nitrogens with one attached hydrogen (secondary N) is 1. The molecular weight excluding hydrogens is 202 g/mol. The van der Waals surface area contributed by atoms with Gasteiger partial charge in [-0.15, -0.1) is 0 Å². The monoisotopic (exact) mass is 219 g/mol. The van der Waals surface area contributed by atoms with Crippen molar-refractivity contribution in [3.8, 4) is 0 Å². The number of rotatable bonds is 0. The molecule has 3 heteroatoms. The van der Waals surface area contributed by atoms with Crippen LogP contribution in [0.2, 0.25) is 0 Å². The first-order chi connectivity index (χ1) is 7.75. The van der Waals surface area contributed by atoms with E-state index in [1.807, 2.05) is 6.08 Å². The van der Waals surface area contributed by atoms with Gasteiger partial charge in [-0.1, -0.05) is 12.2 Å². The number of hydrogen-bond donors (Lipinski definition) is 3. The zero-order valence-electron chi connectivity index (χ0n) is 9.24. The normalized spacial score (nSPS) is 33.4. The Bertz CT molecular complexity index is 406. The largest absolute Gasteiger partial charge is 0.388 e. The summed E-state index contributed by atoms with van der Waals surface area (Å²) >= 11 is 0. The van der Waals surface area contributed by atoms with Crippen LogP contribution in [0.5, 0.6) is 0 Å². The van der Waals surface area contributed by atoms with Gasteiger partial charge in [-0.3, -0.25) is 0 Å². The SMILES string of the molecule is OC1C=CC2=C(CC3=C(C2)NCCC3)C1O. The van der Waals surface area contributed by atoms with Crippen LogP contribution in [0.4, 0.5) is 0 Å². The van der Waals surface area contributed by atoms with Gasteiger partial charge in [0.25, 0.3) is 0 Å².